The highest BCUT2D eigenvalue weighted by Gasteiger charge is 2.09. The molecule has 0 aliphatic carbocycles. The summed E-state index contributed by atoms with van der Waals surface area (Å²) in [4.78, 5) is 13.1. The fourth-order valence-electron chi connectivity index (χ4n) is 2.71. The molecule has 0 bridgehead atoms. The molecule has 0 spiro atoms. The summed E-state index contributed by atoms with van der Waals surface area (Å²) in [6, 6.07) is 6.85. The number of allylic oxidation sites excluding steroid dienone is 1. The molecule has 0 aliphatic heterocycles. The van der Waals surface area contributed by atoms with E-state index in [9.17, 15) is 4.39 Å². The molecule has 8 nitrogen and oxygen atoms in total. The van der Waals surface area contributed by atoms with Crippen LogP contribution in [0.5, 0.6) is 5.75 Å². The van der Waals surface area contributed by atoms with Crippen molar-refractivity contribution in [2.75, 3.05) is 26.1 Å². The summed E-state index contributed by atoms with van der Waals surface area (Å²) in [5.74, 6) is 1.34. The van der Waals surface area contributed by atoms with E-state index in [-0.39, 0.29) is 12.5 Å². The van der Waals surface area contributed by atoms with E-state index in [0.717, 1.165) is 5.69 Å². The van der Waals surface area contributed by atoms with Gasteiger partial charge < -0.3 is 19.9 Å². The maximum Gasteiger partial charge on any atom is 0.181 e. The smallest absolute Gasteiger partial charge is 0.181 e. The first-order valence-electron chi connectivity index (χ1n) is 9.25. The zero-order valence-electron chi connectivity index (χ0n) is 17.1. The van der Waals surface area contributed by atoms with Crippen LogP contribution in [0.4, 0.5) is 10.2 Å². The molecule has 0 saturated carbocycles. The molecule has 0 radical (unpaired) electrons. The number of benzene rings is 1. The third-order valence-corrected chi connectivity index (χ3v) is 4.17. The number of hydrogen-bond acceptors (Lipinski definition) is 5. The normalized spacial score (nSPS) is 12.5. The number of nitrogens with one attached hydrogen (secondary N) is 3. The minimum absolute atomic E-state index is 0.0604. The molecular formula is C21H24FN7O. The highest BCUT2D eigenvalue weighted by Crippen LogP contribution is 2.25. The van der Waals surface area contributed by atoms with Crippen LogP contribution in [0.15, 0.2) is 58.4 Å². The summed E-state index contributed by atoms with van der Waals surface area (Å²) in [6.45, 7) is 5.45. The minimum Gasteiger partial charge on any atom is -0.468 e. The second-order valence-electron chi connectivity index (χ2n) is 6.52. The van der Waals surface area contributed by atoms with Crippen LogP contribution in [-0.4, -0.2) is 53.5 Å². The fourth-order valence-corrected chi connectivity index (χ4v) is 2.71. The third-order valence-electron chi connectivity index (χ3n) is 4.17. The van der Waals surface area contributed by atoms with Gasteiger partial charge >= 0.3 is 0 Å². The predicted molar refractivity (Wildman–Crippen MR) is 119 cm³/mol. The summed E-state index contributed by atoms with van der Waals surface area (Å²) in [5, 5.41) is 10.6. The van der Waals surface area contributed by atoms with Crippen molar-refractivity contribution in [1.82, 2.24) is 20.1 Å². The standard InChI is InChI=1S/C21H24FN7O/c1-5-6-14-11-19(28-27-14)26-18(23-2)12-20(29(3)4)25-13-30-17-8-7-16-15(21(17)22)9-10-24-16/h5-12,24H,2,13H2,1,3-4H3,(H2,26,27,28)/b6-5+,18-12+,25-20+. The van der Waals surface area contributed by atoms with Gasteiger partial charge in [0, 0.05) is 43.3 Å². The van der Waals surface area contributed by atoms with Crippen molar-refractivity contribution in [3.8, 4) is 5.75 Å². The first kappa shape index (κ1) is 20.8. The van der Waals surface area contributed by atoms with Crippen LogP contribution in [-0.2, 0) is 0 Å². The number of aliphatic imine (C=N–C) groups is 2. The van der Waals surface area contributed by atoms with Crippen LogP contribution >= 0.6 is 0 Å². The number of amidine groups is 1. The lowest BCUT2D eigenvalue weighted by Crippen LogP contribution is -2.22. The van der Waals surface area contributed by atoms with Crippen LogP contribution in [0, 0.1) is 5.82 Å². The fraction of sp³-hybridized carbons (Fsp3) is 0.190. The molecule has 2 heterocycles. The number of nitrogens with zero attached hydrogens (tertiary/aromatic N) is 4. The molecule has 0 fully saturated rings. The number of anilines is 1. The summed E-state index contributed by atoms with van der Waals surface area (Å²) >= 11 is 0. The summed E-state index contributed by atoms with van der Waals surface area (Å²) in [5.41, 5.74) is 1.57. The Kier molecular flexibility index (Phi) is 6.63. The maximum absolute atomic E-state index is 14.5. The van der Waals surface area contributed by atoms with Crippen LogP contribution in [0.3, 0.4) is 0 Å². The topological polar surface area (TPSA) is 93.7 Å². The van der Waals surface area contributed by atoms with Crippen LogP contribution in [0.2, 0.25) is 0 Å². The number of halogens is 1. The minimum atomic E-state index is -0.420. The second-order valence-corrected chi connectivity index (χ2v) is 6.52. The third kappa shape index (κ3) is 4.93. The lowest BCUT2D eigenvalue weighted by molar-refractivity contribution is 0.313. The van der Waals surface area contributed by atoms with Crippen LogP contribution in [0.1, 0.15) is 12.6 Å². The van der Waals surface area contributed by atoms with Crippen molar-refractivity contribution < 1.29 is 9.13 Å². The molecule has 1 aromatic carbocycles. The average molecular weight is 409 g/mol. The number of ether oxygens (including phenoxy) is 1. The number of likely N-dealkylation sites (N-methyl/N-ethyl adjacent to an activating group) is 1. The van der Waals surface area contributed by atoms with E-state index in [1.807, 2.05) is 39.2 Å². The number of rotatable bonds is 8. The van der Waals surface area contributed by atoms with Crippen LogP contribution < -0.4 is 10.1 Å². The Labute approximate surface area is 173 Å². The second kappa shape index (κ2) is 9.55. The molecular weight excluding hydrogens is 385 g/mol. The molecule has 0 amide bonds. The Bertz CT molecular complexity index is 1110. The Hall–Kier alpha value is -3.88. The molecule has 9 heteroatoms. The molecule has 0 saturated heterocycles. The van der Waals surface area contributed by atoms with Crippen LogP contribution in [0.25, 0.3) is 17.0 Å². The maximum atomic E-state index is 14.5. The Balaban J connectivity index is 1.73. The van der Waals surface area contributed by atoms with Crippen molar-refractivity contribution in [3.05, 3.63) is 59.9 Å². The molecule has 0 atom stereocenters. The van der Waals surface area contributed by atoms with Crippen molar-refractivity contribution in [2.45, 2.75) is 6.92 Å². The van der Waals surface area contributed by atoms with E-state index < -0.39 is 5.82 Å². The van der Waals surface area contributed by atoms with Gasteiger partial charge in [-0.05, 0) is 37.9 Å². The molecule has 0 unspecified atom stereocenters. The van der Waals surface area contributed by atoms with E-state index in [1.165, 1.54) is 0 Å². The molecule has 156 valence electrons. The van der Waals surface area contributed by atoms with Gasteiger partial charge in [-0.1, -0.05) is 6.08 Å². The van der Waals surface area contributed by atoms with Gasteiger partial charge in [0.15, 0.2) is 24.1 Å². The summed E-state index contributed by atoms with van der Waals surface area (Å²) in [6.07, 6.45) is 7.19. The SMILES string of the molecule is C=N/C(=C\C(=N/COc1ccc2[nH]ccc2c1F)N(C)C)Nc1cc(/C=C/C)[nH]n1. The number of fused-ring (bicyclic) bond motifs is 1. The van der Waals surface area contributed by atoms with E-state index in [1.54, 1.807) is 35.4 Å². The Morgan fingerprint density at radius 3 is 2.93 bits per heavy atom. The van der Waals surface area contributed by atoms with Gasteiger partial charge in [0.05, 0.1) is 5.69 Å². The molecule has 2 aromatic heterocycles. The van der Waals surface area contributed by atoms with E-state index in [4.69, 9.17) is 4.74 Å². The van der Waals surface area contributed by atoms with Crippen molar-refractivity contribution >= 4 is 35.3 Å². The first-order valence-corrected chi connectivity index (χ1v) is 9.25. The number of aromatic nitrogens is 3. The number of H-pyrrole nitrogens is 2. The number of aromatic amines is 2. The van der Waals surface area contributed by atoms with Crippen molar-refractivity contribution in [2.24, 2.45) is 9.98 Å². The first-order chi connectivity index (χ1) is 14.5. The molecule has 0 aliphatic rings. The molecule has 30 heavy (non-hydrogen) atoms. The van der Waals surface area contributed by atoms with Crippen molar-refractivity contribution in [1.29, 1.82) is 0 Å². The lowest BCUT2D eigenvalue weighted by Gasteiger charge is -2.14. The summed E-state index contributed by atoms with van der Waals surface area (Å²) in [7, 11) is 3.67. The Morgan fingerprint density at radius 2 is 2.20 bits per heavy atom. The van der Waals surface area contributed by atoms with Crippen molar-refractivity contribution in [3.63, 3.8) is 0 Å². The molecule has 3 aromatic rings. The lowest BCUT2D eigenvalue weighted by atomic mass is 10.2. The summed E-state index contributed by atoms with van der Waals surface area (Å²) < 4.78 is 20.0. The monoisotopic (exact) mass is 409 g/mol. The van der Waals surface area contributed by atoms with E-state index >= 15 is 0 Å². The highest BCUT2D eigenvalue weighted by molar-refractivity contribution is 5.93. The Morgan fingerprint density at radius 1 is 1.37 bits per heavy atom. The van der Waals surface area contributed by atoms with Gasteiger partial charge in [0.25, 0.3) is 0 Å². The highest BCUT2D eigenvalue weighted by atomic mass is 19.1. The largest absolute Gasteiger partial charge is 0.468 e. The van der Waals surface area contributed by atoms with Gasteiger partial charge in [0.2, 0.25) is 0 Å². The van der Waals surface area contributed by atoms with E-state index in [2.05, 4.69) is 37.2 Å². The van der Waals surface area contributed by atoms with Gasteiger partial charge in [-0.2, -0.15) is 5.10 Å². The zero-order valence-corrected chi connectivity index (χ0v) is 17.1. The molecule has 3 N–H and O–H groups in total. The zero-order chi connectivity index (χ0) is 21.5. The molecule has 3 rings (SSSR count). The average Bonchev–Trinajstić information content (AvgIpc) is 3.38. The number of hydrogen-bond donors (Lipinski definition) is 3. The van der Waals surface area contributed by atoms with Gasteiger partial charge in [0.1, 0.15) is 11.7 Å². The van der Waals surface area contributed by atoms with E-state index in [0.29, 0.717) is 28.4 Å². The van der Waals surface area contributed by atoms with Gasteiger partial charge in [-0.3, -0.25) is 5.10 Å². The van der Waals surface area contributed by atoms with Gasteiger partial charge in [-0.15, -0.1) is 0 Å². The van der Waals surface area contributed by atoms with Gasteiger partial charge in [-0.25, -0.2) is 14.4 Å². The quantitative estimate of drug-likeness (QED) is 0.387. The predicted octanol–water partition coefficient (Wildman–Crippen LogP) is 4.01.